The molecule has 0 atom stereocenters. The zero-order valence-corrected chi connectivity index (χ0v) is 12.9. The molecular weight excluding hydrogens is 236 g/mol. The fraction of sp³-hybridized carbons (Fsp3) is 0.800. The molecule has 2 heterocycles. The van der Waals surface area contributed by atoms with Crippen molar-refractivity contribution in [3.05, 3.63) is 11.3 Å². The minimum Gasteiger partial charge on any atom is -0.357 e. The summed E-state index contributed by atoms with van der Waals surface area (Å²) in [6.45, 7) is 10.9. The summed E-state index contributed by atoms with van der Waals surface area (Å²) in [4.78, 5) is 2.53. The molecule has 1 aromatic rings. The molecule has 0 amide bonds. The van der Waals surface area contributed by atoms with Gasteiger partial charge in [0.1, 0.15) is 5.82 Å². The van der Waals surface area contributed by atoms with Crippen molar-refractivity contribution in [2.75, 3.05) is 24.5 Å². The molecule has 1 N–H and O–H groups in total. The van der Waals surface area contributed by atoms with E-state index >= 15 is 0 Å². The summed E-state index contributed by atoms with van der Waals surface area (Å²) >= 11 is 0. The number of hydrogen-bond acceptors (Lipinski definition) is 3. The number of aromatic nitrogens is 2. The van der Waals surface area contributed by atoms with Gasteiger partial charge < -0.3 is 10.2 Å². The van der Waals surface area contributed by atoms with Crippen molar-refractivity contribution in [1.29, 1.82) is 0 Å². The molecule has 1 aromatic heterocycles. The third-order valence-corrected chi connectivity index (χ3v) is 4.36. The zero-order chi connectivity index (χ0) is 13.8. The average molecular weight is 264 g/mol. The first-order chi connectivity index (χ1) is 9.17. The topological polar surface area (TPSA) is 33.1 Å². The molecule has 0 aromatic carbocycles. The summed E-state index contributed by atoms with van der Waals surface area (Å²) in [5.74, 6) is 2.25. The normalized spacial score (nSPS) is 17.2. The molecule has 0 unspecified atom stereocenters. The van der Waals surface area contributed by atoms with Crippen molar-refractivity contribution in [2.24, 2.45) is 13.0 Å². The second kappa shape index (κ2) is 6.42. The van der Waals surface area contributed by atoms with Gasteiger partial charge in [0.05, 0.1) is 5.69 Å². The van der Waals surface area contributed by atoms with Gasteiger partial charge in [0.2, 0.25) is 0 Å². The SMILES string of the molecule is CCNCc1c(C)nn(C)c1N1CCC(CC)CC1. The van der Waals surface area contributed by atoms with E-state index in [0.717, 1.165) is 24.7 Å². The van der Waals surface area contributed by atoms with Gasteiger partial charge in [-0.25, -0.2) is 0 Å². The van der Waals surface area contributed by atoms with Crippen LogP contribution >= 0.6 is 0 Å². The summed E-state index contributed by atoms with van der Waals surface area (Å²) in [5, 5.41) is 8.05. The molecule has 4 heteroatoms. The van der Waals surface area contributed by atoms with Gasteiger partial charge in [0, 0.05) is 32.2 Å². The molecule has 19 heavy (non-hydrogen) atoms. The second-order valence-corrected chi connectivity index (χ2v) is 5.63. The standard InChI is InChI=1S/C15H28N4/c1-5-13-7-9-19(10-8-13)15-14(11-16-6-2)12(3)17-18(15)4/h13,16H,5-11H2,1-4H3. The van der Waals surface area contributed by atoms with Crippen molar-refractivity contribution in [3.8, 4) is 0 Å². The van der Waals surface area contributed by atoms with Crippen LogP contribution in [-0.2, 0) is 13.6 Å². The van der Waals surface area contributed by atoms with Gasteiger partial charge in [0.25, 0.3) is 0 Å². The van der Waals surface area contributed by atoms with Crippen molar-refractivity contribution in [2.45, 2.75) is 46.6 Å². The van der Waals surface area contributed by atoms with Crippen LogP contribution in [0, 0.1) is 12.8 Å². The quantitative estimate of drug-likeness (QED) is 0.887. The summed E-state index contributed by atoms with van der Waals surface area (Å²) in [7, 11) is 2.07. The van der Waals surface area contributed by atoms with Crippen LogP contribution < -0.4 is 10.2 Å². The summed E-state index contributed by atoms with van der Waals surface area (Å²) in [5.41, 5.74) is 2.54. The molecule has 2 rings (SSSR count). The third kappa shape index (κ3) is 3.11. The molecule has 0 saturated carbocycles. The fourth-order valence-electron chi connectivity index (χ4n) is 3.10. The highest BCUT2D eigenvalue weighted by Crippen LogP contribution is 2.28. The van der Waals surface area contributed by atoms with Gasteiger partial charge in [0.15, 0.2) is 0 Å². The summed E-state index contributed by atoms with van der Waals surface area (Å²) in [6.07, 6.45) is 3.96. The van der Waals surface area contributed by atoms with Crippen LogP contribution in [0.5, 0.6) is 0 Å². The minimum atomic E-state index is 0.919. The van der Waals surface area contributed by atoms with Gasteiger partial charge in [-0.05, 0) is 32.2 Å². The van der Waals surface area contributed by atoms with Crippen molar-refractivity contribution in [1.82, 2.24) is 15.1 Å². The van der Waals surface area contributed by atoms with Gasteiger partial charge in [-0.15, -0.1) is 0 Å². The second-order valence-electron chi connectivity index (χ2n) is 5.63. The maximum absolute atomic E-state index is 4.61. The zero-order valence-electron chi connectivity index (χ0n) is 12.9. The van der Waals surface area contributed by atoms with Gasteiger partial charge in [-0.2, -0.15) is 5.10 Å². The van der Waals surface area contributed by atoms with Crippen LogP contribution in [0.4, 0.5) is 5.82 Å². The Balaban J connectivity index is 2.14. The number of hydrogen-bond donors (Lipinski definition) is 1. The largest absolute Gasteiger partial charge is 0.357 e. The molecular formula is C15H28N4. The molecule has 4 nitrogen and oxygen atoms in total. The van der Waals surface area contributed by atoms with E-state index in [1.54, 1.807) is 0 Å². The lowest BCUT2D eigenvalue weighted by atomic mass is 9.94. The first-order valence-electron chi connectivity index (χ1n) is 7.65. The van der Waals surface area contributed by atoms with Crippen molar-refractivity contribution in [3.63, 3.8) is 0 Å². The highest BCUT2D eigenvalue weighted by atomic mass is 15.4. The first-order valence-corrected chi connectivity index (χ1v) is 7.65. The Morgan fingerprint density at radius 3 is 2.53 bits per heavy atom. The number of aryl methyl sites for hydroxylation is 2. The first kappa shape index (κ1) is 14.4. The highest BCUT2D eigenvalue weighted by molar-refractivity contribution is 5.50. The number of rotatable bonds is 5. The van der Waals surface area contributed by atoms with E-state index in [4.69, 9.17) is 0 Å². The number of nitrogens with one attached hydrogen (secondary N) is 1. The molecule has 0 aliphatic carbocycles. The summed E-state index contributed by atoms with van der Waals surface area (Å²) in [6, 6.07) is 0. The van der Waals surface area contributed by atoms with Crippen LogP contribution in [0.15, 0.2) is 0 Å². The minimum absolute atomic E-state index is 0.919. The van der Waals surface area contributed by atoms with Crippen molar-refractivity contribution >= 4 is 5.82 Å². The van der Waals surface area contributed by atoms with Gasteiger partial charge >= 0.3 is 0 Å². The van der Waals surface area contributed by atoms with Crippen LogP contribution in [0.3, 0.4) is 0 Å². The molecule has 108 valence electrons. The van der Waals surface area contributed by atoms with E-state index < -0.39 is 0 Å². The lowest BCUT2D eigenvalue weighted by Crippen LogP contribution is -2.35. The lowest BCUT2D eigenvalue weighted by molar-refractivity contribution is 0.391. The maximum atomic E-state index is 4.61. The predicted molar refractivity (Wildman–Crippen MR) is 80.6 cm³/mol. The lowest BCUT2D eigenvalue weighted by Gasteiger charge is -2.33. The molecule has 1 fully saturated rings. The molecule has 0 bridgehead atoms. The summed E-state index contributed by atoms with van der Waals surface area (Å²) < 4.78 is 2.06. The Morgan fingerprint density at radius 2 is 1.95 bits per heavy atom. The van der Waals surface area contributed by atoms with E-state index in [-0.39, 0.29) is 0 Å². The van der Waals surface area contributed by atoms with Gasteiger partial charge in [-0.1, -0.05) is 20.3 Å². The number of piperidine rings is 1. The Kier molecular flexibility index (Phi) is 4.86. The Hall–Kier alpha value is -1.03. The van der Waals surface area contributed by atoms with Gasteiger partial charge in [-0.3, -0.25) is 4.68 Å². The van der Waals surface area contributed by atoms with E-state index in [1.807, 2.05) is 0 Å². The Morgan fingerprint density at radius 1 is 1.26 bits per heavy atom. The number of anilines is 1. The molecule has 0 spiro atoms. The van der Waals surface area contributed by atoms with E-state index in [0.29, 0.717) is 0 Å². The number of nitrogens with zero attached hydrogens (tertiary/aromatic N) is 3. The van der Waals surface area contributed by atoms with E-state index in [9.17, 15) is 0 Å². The predicted octanol–water partition coefficient (Wildman–Crippen LogP) is 2.46. The van der Waals surface area contributed by atoms with Crippen LogP contribution in [0.2, 0.25) is 0 Å². The monoisotopic (exact) mass is 264 g/mol. The Bertz CT molecular complexity index is 403. The van der Waals surface area contributed by atoms with Crippen LogP contribution in [0.25, 0.3) is 0 Å². The molecule has 1 aliphatic heterocycles. The van der Waals surface area contributed by atoms with Crippen LogP contribution in [0.1, 0.15) is 44.4 Å². The van der Waals surface area contributed by atoms with Crippen molar-refractivity contribution < 1.29 is 0 Å². The van der Waals surface area contributed by atoms with E-state index in [2.05, 4.69) is 47.8 Å². The fourth-order valence-corrected chi connectivity index (χ4v) is 3.10. The smallest absolute Gasteiger partial charge is 0.131 e. The molecule has 1 saturated heterocycles. The van der Waals surface area contributed by atoms with E-state index in [1.165, 1.54) is 43.7 Å². The molecule has 0 radical (unpaired) electrons. The average Bonchev–Trinajstić information content (AvgIpc) is 2.71. The Labute approximate surface area is 117 Å². The highest BCUT2D eigenvalue weighted by Gasteiger charge is 2.23. The molecule has 1 aliphatic rings. The third-order valence-electron chi connectivity index (χ3n) is 4.36. The maximum Gasteiger partial charge on any atom is 0.131 e. The van der Waals surface area contributed by atoms with Crippen LogP contribution in [-0.4, -0.2) is 29.4 Å².